The zero-order valence-electron chi connectivity index (χ0n) is 8.06. The third-order valence-electron chi connectivity index (χ3n) is 1.85. The van der Waals surface area contributed by atoms with Crippen molar-refractivity contribution in [3.05, 3.63) is 11.7 Å². The van der Waals surface area contributed by atoms with Crippen molar-refractivity contribution in [2.24, 2.45) is 11.5 Å². The minimum Gasteiger partial charge on any atom is -0.363 e. The SMILES string of the molecule is CCCC[C@H](N)c1nc(C(N)=O)no1. The fraction of sp³-hybridized carbons (Fsp3) is 0.625. The van der Waals surface area contributed by atoms with Gasteiger partial charge in [-0.3, -0.25) is 4.79 Å². The van der Waals surface area contributed by atoms with E-state index < -0.39 is 5.91 Å². The zero-order chi connectivity index (χ0) is 10.6. The normalized spacial score (nSPS) is 12.7. The van der Waals surface area contributed by atoms with E-state index in [1.165, 1.54) is 0 Å². The minimum atomic E-state index is -0.706. The van der Waals surface area contributed by atoms with Gasteiger partial charge >= 0.3 is 0 Å². The van der Waals surface area contributed by atoms with Crippen LogP contribution in [0.25, 0.3) is 0 Å². The Hall–Kier alpha value is -1.43. The summed E-state index contributed by atoms with van der Waals surface area (Å²) in [4.78, 5) is 14.4. The Morgan fingerprint density at radius 1 is 1.64 bits per heavy atom. The molecular weight excluding hydrogens is 184 g/mol. The molecule has 1 amide bonds. The van der Waals surface area contributed by atoms with Gasteiger partial charge in [0.15, 0.2) is 0 Å². The van der Waals surface area contributed by atoms with Crippen molar-refractivity contribution in [1.29, 1.82) is 0 Å². The molecule has 0 bridgehead atoms. The quantitative estimate of drug-likeness (QED) is 0.710. The van der Waals surface area contributed by atoms with Crippen LogP contribution in [0, 0.1) is 0 Å². The second-order valence-corrected chi connectivity index (χ2v) is 3.07. The first-order chi connectivity index (χ1) is 6.65. The number of primary amides is 1. The summed E-state index contributed by atoms with van der Waals surface area (Å²) in [5.74, 6) is -0.554. The van der Waals surface area contributed by atoms with E-state index in [0.29, 0.717) is 0 Å². The van der Waals surface area contributed by atoms with Gasteiger partial charge in [0, 0.05) is 0 Å². The molecule has 0 saturated heterocycles. The van der Waals surface area contributed by atoms with Gasteiger partial charge in [-0.05, 0) is 6.42 Å². The predicted octanol–water partition coefficient (Wildman–Crippen LogP) is 0.359. The predicted molar refractivity (Wildman–Crippen MR) is 49.3 cm³/mol. The van der Waals surface area contributed by atoms with E-state index in [2.05, 4.69) is 17.1 Å². The van der Waals surface area contributed by atoms with Gasteiger partial charge in [0.25, 0.3) is 11.7 Å². The number of hydrogen-bond acceptors (Lipinski definition) is 5. The van der Waals surface area contributed by atoms with E-state index in [-0.39, 0.29) is 17.8 Å². The van der Waals surface area contributed by atoms with E-state index in [1.54, 1.807) is 0 Å². The Morgan fingerprint density at radius 2 is 2.36 bits per heavy atom. The second kappa shape index (κ2) is 4.71. The third kappa shape index (κ3) is 2.53. The van der Waals surface area contributed by atoms with Crippen LogP contribution in [0.15, 0.2) is 4.52 Å². The fourth-order valence-corrected chi connectivity index (χ4v) is 1.03. The summed E-state index contributed by atoms with van der Waals surface area (Å²) >= 11 is 0. The van der Waals surface area contributed by atoms with Crippen LogP contribution in [0.2, 0.25) is 0 Å². The van der Waals surface area contributed by atoms with Gasteiger partial charge in [0.05, 0.1) is 6.04 Å². The largest absolute Gasteiger partial charge is 0.363 e. The number of unbranched alkanes of at least 4 members (excludes halogenated alkanes) is 1. The van der Waals surface area contributed by atoms with Crippen LogP contribution in [0.1, 0.15) is 48.7 Å². The minimum absolute atomic E-state index is 0.119. The Morgan fingerprint density at radius 3 is 2.86 bits per heavy atom. The van der Waals surface area contributed by atoms with Crippen LogP contribution in [-0.2, 0) is 0 Å². The molecule has 0 aliphatic carbocycles. The van der Waals surface area contributed by atoms with Gasteiger partial charge in [0.1, 0.15) is 0 Å². The van der Waals surface area contributed by atoms with E-state index in [0.717, 1.165) is 19.3 Å². The van der Waals surface area contributed by atoms with Crippen LogP contribution in [0.5, 0.6) is 0 Å². The lowest BCUT2D eigenvalue weighted by Crippen LogP contribution is -2.14. The first-order valence-electron chi connectivity index (χ1n) is 4.54. The molecular formula is C8H14N4O2. The number of rotatable bonds is 5. The number of nitrogens with zero attached hydrogens (tertiary/aromatic N) is 2. The number of nitrogens with two attached hydrogens (primary N) is 2. The molecule has 0 aromatic carbocycles. The lowest BCUT2D eigenvalue weighted by molar-refractivity contribution is 0.0987. The molecule has 4 N–H and O–H groups in total. The monoisotopic (exact) mass is 198 g/mol. The number of hydrogen-bond donors (Lipinski definition) is 2. The Balaban J connectivity index is 2.61. The molecule has 0 unspecified atom stereocenters. The molecule has 0 aliphatic rings. The van der Waals surface area contributed by atoms with Gasteiger partial charge in [-0.1, -0.05) is 24.9 Å². The van der Waals surface area contributed by atoms with Crippen LogP contribution in [-0.4, -0.2) is 16.0 Å². The highest BCUT2D eigenvalue weighted by Gasteiger charge is 2.16. The molecule has 0 spiro atoms. The molecule has 0 radical (unpaired) electrons. The maximum Gasteiger partial charge on any atom is 0.290 e. The number of carbonyl (C=O) groups excluding carboxylic acids is 1. The van der Waals surface area contributed by atoms with Crippen molar-refractivity contribution in [3.63, 3.8) is 0 Å². The van der Waals surface area contributed by atoms with Crippen molar-refractivity contribution in [2.45, 2.75) is 32.2 Å². The summed E-state index contributed by atoms with van der Waals surface area (Å²) in [6.07, 6.45) is 2.79. The number of aromatic nitrogens is 2. The Labute approximate surface area is 81.6 Å². The molecule has 0 aliphatic heterocycles. The van der Waals surface area contributed by atoms with Gasteiger partial charge in [-0.2, -0.15) is 4.98 Å². The molecule has 78 valence electrons. The average molecular weight is 198 g/mol. The topological polar surface area (TPSA) is 108 Å². The lowest BCUT2D eigenvalue weighted by atomic mass is 10.1. The summed E-state index contributed by atoms with van der Waals surface area (Å²) in [7, 11) is 0. The summed E-state index contributed by atoms with van der Waals surface area (Å²) < 4.78 is 4.80. The van der Waals surface area contributed by atoms with Gasteiger partial charge in [-0.25, -0.2) is 0 Å². The van der Waals surface area contributed by atoms with Crippen LogP contribution >= 0.6 is 0 Å². The standard InChI is InChI=1S/C8H14N4O2/c1-2-3-4-5(9)8-11-7(6(10)13)12-14-8/h5H,2-4,9H2,1H3,(H2,10,13)/t5-/m0/s1. The average Bonchev–Trinajstić information content (AvgIpc) is 2.62. The molecule has 0 saturated carbocycles. The first kappa shape index (κ1) is 10.6. The van der Waals surface area contributed by atoms with Crippen molar-refractivity contribution < 1.29 is 9.32 Å². The van der Waals surface area contributed by atoms with Crippen LogP contribution < -0.4 is 11.5 Å². The number of carbonyl (C=O) groups is 1. The van der Waals surface area contributed by atoms with Gasteiger partial charge < -0.3 is 16.0 Å². The molecule has 6 heteroatoms. The van der Waals surface area contributed by atoms with Gasteiger partial charge in [0.2, 0.25) is 5.89 Å². The van der Waals surface area contributed by atoms with Gasteiger partial charge in [-0.15, -0.1) is 0 Å². The highest BCUT2D eigenvalue weighted by molar-refractivity contribution is 5.88. The Bertz CT molecular complexity index is 310. The van der Waals surface area contributed by atoms with Crippen molar-refractivity contribution in [3.8, 4) is 0 Å². The Kier molecular flexibility index (Phi) is 3.58. The lowest BCUT2D eigenvalue weighted by Gasteiger charge is -2.03. The highest BCUT2D eigenvalue weighted by atomic mass is 16.5. The maximum absolute atomic E-state index is 10.6. The first-order valence-corrected chi connectivity index (χ1v) is 4.54. The molecule has 6 nitrogen and oxygen atoms in total. The van der Waals surface area contributed by atoms with E-state index in [9.17, 15) is 4.79 Å². The highest BCUT2D eigenvalue weighted by Crippen LogP contribution is 2.14. The smallest absolute Gasteiger partial charge is 0.290 e. The maximum atomic E-state index is 10.6. The van der Waals surface area contributed by atoms with Crippen LogP contribution in [0.4, 0.5) is 0 Å². The van der Waals surface area contributed by atoms with Crippen molar-refractivity contribution in [2.75, 3.05) is 0 Å². The second-order valence-electron chi connectivity index (χ2n) is 3.07. The van der Waals surface area contributed by atoms with E-state index in [4.69, 9.17) is 16.0 Å². The summed E-state index contributed by atoms with van der Waals surface area (Å²) in [6, 6.07) is -0.310. The summed E-state index contributed by atoms with van der Waals surface area (Å²) in [5.41, 5.74) is 10.7. The third-order valence-corrected chi connectivity index (χ3v) is 1.85. The van der Waals surface area contributed by atoms with Crippen LogP contribution in [0.3, 0.4) is 0 Å². The summed E-state index contributed by atoms with van der Waals surface area (Å²) in [5, 5.41) is 3.40. The zero-order valence-corrected chi connectivity index (χ0v) is 8.06. The molecule has 1 heterocycles. The molecule has 0 fully saturated rings. The van der Waals surface area contributed by atoms with Crippen molar-refractivity contribution in [1.82, 2.24) is 10.1 Å². The summed E-state index contributed by atoms with van der Waals surface area (Å²) in [6.45, 7) is 2.06. The fourth-order valence-electron chi connectivity index (χ4n) is 1.03. The van der Waals surface area contributed by atoms with E-state index >= 15 is 0 Å². The molecule has 1 atom stereocenters. The van der Waals surface area contributed by atoms with Crippen molar-refractivity contribution >= 4 is 5.91 Å². The molecule has 1 aromatic rings. The number of amides is 1. The molecule has 1 rings (SSSR count). The molecule has 14 heavy (non-hydrogen) atoms. The molecule has 1 aromatic heterocycles. The van der Waals surface area contributed by atoms with E-state index in [1.807, 2.05) is 0 Å².